The highest BCUT2D eigenvalue weighted by atomic mass is 35.5. The first-order valence-corrected chi connectivity index (χ1v) is 9.45. The molecule has 0 saturated carbocycles. The molecule has 1 aromatic heterocycles. The number of hydrogen-bond donors (Lipinski definition) is 3. The lowest BCUT2D eigenvalue weighted by Crippen LogP contribution is -2.29. The zero-order valence-corrected chi connectivity index (χ0v) is 17.0. The Balaban J connectivity index is 0.00000364. The lowest BCUT2D eigenvalue weighted by Gasteiger charge is -2.10. The third-order valence-corrected chi connectivity index (χ3v) is 5.11. The average molecular weight is 418 g/mol. The van der Waals surface area contributed by atoms with Crippen LogP contribution in [-0.4, -0.2) is 43.8 Å². The van der Waals surface area contributed by atoms with Gasteiger partial charge in [0.25, 0.3) is 5.91 Å². The van der Waals surface area contributed by atoms with Gasteiger partial charge in [-0.25, -0.2) is 13.1 Å². The molecule has 150 valence electrons. The van der Waals surface area contributed by atoms with Crippen LogP contribution < -0.4 is 20.5 Å². The van der Waals surface area contributed by atoms with Gasteiger partial charge < -0.3 is 15.8 Å². The minimum absolute atomic E-state index is 0. The standard InChI is InChI=1S/C16H23N5O4S.ClH/c1-11-16(12(2)21(3)20-11)25-10-15(22)19-13-5-4-6-14(9-13)26(23,24)18-8-7-17;/h4-6,9,18H,7-8,10,17H2,1-3H3,(H,19,22);1H. The number of amides is 1. The van der Waals surface area contributed by atoms with Gasteiger partial charge in [-0.05, 0) is 32.0 Å². The molecule has 0 fully saturated rings. The molecule has 1 aromatic carbocycles. The van der Waals surface area contributed by atoms with Crippen molar-refractivity contribution in [1.82, 2.24) is 14.5 Å². The molecule has 0 aliphatic heterocycles. The van der Waals surface area contributed by atoms with Gasteiger partial charge in [0.2, 0.25) is 10.0 Å². The summed E-state index contributed by atoms with van der Waals surface area (Å²) < 4.78 is 33.8. The lowest BCUT2D eigenvalue weighted by atomic mass is 10.3. The number of ether oxygens (including phenoxy) is 1. The van der Waals surface area contributed by atoms with Crippen LogP contribution in [0.25, 0.3) is 0 Å². The predicted octanol–water partition coefficient (Wildman–Crippen LogP) is 0.713. The van der Waals surface area contributed by atoms with Gasteiger partial charge in [-0.3, -0.25) is 9.48 Å². The molecule has 0 aliphatic carbocycles. The number of benzene rings is 1. The molecule has 0 atom stereocenters. The van der Waals surface area contributed by atoms with Crippen LogP contribution >= 0.6 is 12.4 Å². The number of aryl methyl sites for hydroxylation is 2. The van der Waals surface area contributed by atoms with Crippen molar-refractivity contribution in [3.8, 4) is 5.75 Å². The normalized spacial score (nSPS) is 11.0. The minimum atomic E-state index is -3.67. The van der Waals surface area contributed by atoms with Crippen LogP contribution in [0.3, 0.4) is 0 Å². The van der Waals surface area contributed by atoms with Crippen molar-refractivity contribution >= 4 is 34.0 Å². The summed E-state index contributed by atoms with van der Waals surface area (Å²) in [6.07, 6.45) is 0. The minimum Gasteiger partial charge on any atom is -0.480 e. The van der Waals surface area contributed by atoms with E-state index >= 15 is 0 Å². The number of anilines is 1. The van der Waals surface area contributed by atoms with E-state index < -0.39 is 15.9 Å². The smallest absolute Gasteiger partial charge is 0.262 e. The van der Waals surface area contributed by atoms with Gasteiger partial charge in [0.15, 0.2) is 12.4 Å². The number of rotatable bonds is 8. The van der Waals surface area contributed by atoms with Crippen molar-refractivity contribution in [3.05, 3.63) is 35.7 Å². The first-order chi connectivity index (χ1) is 12.2. The summed E-state index contributed by atoms with van der Waals surface area (Å²) in [5.74, 6) is 0.155. The molecule has 1 amide bonds. The molecule has 11 heteroatoms. The van der Waals surface area contributed by atoms with Crippen molar-refractivity contribution < 1.29 is 17.9 Å². The molecule has 27 heavy (non-hydrogen) atoms. The zero-order chi connectivity index (χ0) is 19.3. The van der Waals surface area contributed by atoms with Crippen LogP contribution in [0.5, 0.6) is 5.75 Å². The van der Waals surface area contributed by atoms with E-state index in [9.17, 15) is 13.2 Å². The van der Waals surface area contributed by atoms with Gasteiger partial charge in [-0.15, -0.1) is 12.4 Å². The molecule has 0 aliphatic rings. The fourth-order valence-corrected chi connectivity index (χ4v) is 3.41. The van der Waals surface area contributed by atoms with E-state index in [1.807, 2.05) is 6.92 Å². The third-order valence-electron chi connectivity index (χ3n) is 3.65. The molecule has 0 bridgehead atoms. The number of sulfonamides is 1. The Labute approximate surface area is 164 Å². The molecule has 4 N–H and O–H groups in total. The first-order valence-electron chi connectivity index (χ1n) is 7.97. The van der Waals surface area contributed by atoms with E-state index in [2.05, 4.69) is 15.1 Å². The van der Waals surface area contributed by atoms with Crippen LogP contribution in [0.1, 0.15) is 11.4 Å². The van der Waals surface area contributed by atoms with Crippen LogP contribution in [0.15, 0.2) is 29.2 Å². The molecule has 1 heterocycles. The second-order valence-corrected chi connectivity index (χ2v) is 7.44. The summed E-state index contributed by atoms with van der Waals surface area (Å²) in [6, 6.07) is 5.95. The Bertz CT molecular complexity index is 898. The Kier molecular flexibility index (Phi) is 8.22. The van der Waals surface area contributed by atoms with Crippen molar-refractivity contribution in [2.45, 2.75) is 18.7 Å². The summed E-state index contributed by atoms with van der Waals surface area (Å²) in [6.45, 7) is 3.76. The van der Waals surface area contributed by atoms with E-state index in [1.165, 1.54) is 12.1 Å². The predicted molar refractivity (Wildman–Crippen MR) is 105 cm³/mol. The molecule has 0 spiro atoms. The number of halogens is 1. The maximum absolute atomic E-state index is 12.1. The van der Waals surface area contributed by atoms with Crippen LogP contribution in [0.4, 0.5) is 5.69 Å². The Morgan fingerprint density at radius 2 is 2.04 bits per heavy atom. The summed E-state index contributed by atoms with van der Waals surface area (Å²) in [4.78, 5) is 12.1. The average Bonchev–Trinajstić information content (AvgIpc) is 2.83. The largest absolute Gasteiger partial charge is 0.480 e. The number of nitrogens with two attached hydrogens (primary N) is 1. The van der Waals surface area contributed by atoms with Gasteiger partial charge in [-0.2, -0.15) is 5.10 Å². The molecule has 0 unspecified atom stereocenters. The second-order valence-electron chi connectivity index (χ2n) is 5.67. The molecule has 2 rings (SSSR count). The van der Waals surface area contributed by atoms with E-state index in [1.54, 1.807) is 30.8 Å². The Morgan fingerprint density at radius 1 is 1.33 bits per heavy atom. The highest BCUT2D eigenvalue weighted by molar-refractivity contribution is 7.89. The summed E-state index contributed by atoms with van der Waals surface area (Å²) in [7, 11) is -1.88. The Hall–Kier alpha value is -2.14. The highest BCUT2D eigenvalue weighted by Crippen LogP contribution is 2.21. The van der Waals surface area contributed by atoms with Crippen molar-refractivity contribution in [2.75, 3.05) is 25.0 Å². The number of nitrogens with one attached hydrogen (secondary N) is 2. The van der Waals surface area contributed by atoms with Crippen LogP contribution in [-0.2, 0) is 21.9 Å². The molecule has 2 aromatic rings. The number of carbonyl (C=O) groups excluding carboxylic acids is 1. The maximum atomic E-state index is 12.1. The number of aromatic nitrogens is 2. The van der Waals surface area contributed by atoms with Gasteiger partial charge in [0.1, 0.15) is 5.69 Å². The Morgan fingerprint density at radius 3 is 2.63 bits per heavy atom. The van der Waals surface area contributed by atoms with Crippen molar-refractivity contribution in [2.24, 2.45) is 12.8 Å². The molecule has 9 nitrogen and oxygen atoms in total. The highest BCUT2D eigenvalue weighted by Gasteiger charge is 2.15. The fourth-order valence-electron chi connectivity index (χ4n) is 2.32. The van der Waals surface area contributed by atoms with Crippen LogP contribution in [0.2, 0.25) is 0 Å². The fraction of sp³-hybridized carbons (Fsp3) is 0.375. The number of hydrogen-bond acceptors (Lipinski definition) is 6. The van der Waals surface area contributed by atoms with Gasteiger partial charge >= 0.3 is 0 Å². The van der Waals surface area contributed by atoms with Crippen molar-refractivity contribution in [3.63, 3.8) is 0 Å². The SMILES string of the molecule is Cc1nn(C)c(C)c1OCC(=O)Nc1cccc(S(=O)(=O)NCCN)c1.Cl. The van der Waals surface area contributed by atoms with E-state index in [0.29, 0.717) is 17.1 Å². The molecular formula is C16H24ClN5O4S. The molecular weight excluding hydrogens is 394 g/mol. The summed E-state index contributed by atoms with van der Waals surface area (Å²) >= 11 is 0. The molecule has 0 saturated heterocycles. The number of nitrogens with zero attached hydrogens (tertiary/aromatic N) is 2. The van der Waals surface area contributed by atoms with Gasteiger partial charge in [0, 0.05) is 25.8 Å². The van der Waals surface area contributed by atoms with E-state index in [-0.39, 0.29) is 37.0 Å². The van der Waals surface area contributed by atoms with Crippen molar-refractivity contribution in [1.29, 1.82) is 0 Å². The van der Waals surface area contributed by atoms with Gasteiger partial charge in [-0.1, -0.05) is 6.07 Å². The van der Waals surface area contributed by atoms with E-state index in [0.717, 1.165) is 5.69 Å². The third kappa shape index (κ3) is 5.93. The second kappa shape index (κ2) is 9.70. The summed E-state index contributed by atoms with van der Waals surface area (Å²) in [5.41, 5.74) is 7.17. The zero-order valence-electron chi connectivity index (χ0n) is 15.4. The first kappa shape index (κ1) is 22.9. The maximum Gasteiger partial charge on any atom is 0.262 e. The van der Waals surface area contributed by atoms with Gasteiger partial charge in [0.05, 0.1) is 10.6 Å². The molecule has 0 radical (unpaired) electrons. The van der Waals surface area contributed by atoms with Crippen LogP contribution in [0, 0.1) is 13.8 Å². The topological polar surface area (TPSA) is 128 Å². The number of carbonyl (C=O) groups is 1. The lowest BCUT2D eigenvalue weighted by molar-refractivity contribution is -0.118. The quantitative estimate of drug-likeness (QED) is 0.580. The summed E-state index contributed by atoms with van der Waals surface area (Å²) in [5, 5.41) is 6.83. The monoisotopic (exact) mass is 417 g/mol. The van der Waals surface area contributed by atoms with E-state index in [4.69, 9.17) is 10.5 Å².